The smallest absolute Gasteiger partial charge is 0.0755 e. The lowest BCUT2D eigenvalue weighted by atomic mass is 10.0. The number of hydrogen-bond donors (Lipinski definition) is 1. The molecule has 2 nitrogen and oxygen atoms in total. The molecule has 0 aliphatic carbocycles. The molecule has 0 radical (unpaired) electrons. The first-order chi connectivity index (χ1) is 8.13. The summed E-state index contributed by atoms with van der Waals surface area (Å²) in [6, 6.07) is 8.53. The summed E-state index contributed by atoms with van der Waals surface area (Å²) in [5.41, 5.74) is 4.71. The number of benzene rings is 1. The van der Waals surface area contributed by atoms with Crippen LogP contribution in [0.3, 0.4) is 0 Å². The highest BCUT2D eigenvalue weighted by Crippen LogP contribution is 2.28. The predicted octanol–water partition coefficient (Wildman–Crippen LogP) is 4.10. The second-order valence-corrected chi connectivity index (χ2v) is 4.75. The van der Waals surface area contributed by atoms with Crippen molar-refractivity contribution in [2.24, 2.45) is 0 Å². The summed E-state index contributed by atoms with van der Waals surface area (Å²) in [4.78, 5) is 4.78. The number of aromatic nitrogens is 1. The second kappa shape index (κ2) is 4.74. The van der Waals surface area contributed by atoms with E-state index in [4.69, 9.17) is 4.98 Å². The quantitative estimate of drug-likeness (QED) is 0.855. The molecular weight excluding hydrogens is 208 g/mol. The van der Waals surface area contributed by atoms with Gasteiger partial charge in [-0.05, 0) is 31.4 Å². The van der Waals surface area contributed by atoms with E-state index < -0.39 is 0 Å². The van der Waals surface area contributed by atoms with Crippen LogP contribution in [0.2, 0.25) is 0 Å². The van der Waals surface area contributed by atoms with Crippen LogP contribution < -0.4 is 5.32 Å². The molecule has 0 spiro atoms. The Hall–Kier alpha value is -1.57. The van der Waals surface area contributed by atoms with Crippen LogP contribution in [0.15, 0.2) is 24.3 Å². The Bertz CT molecular complexity index is 530. The summed E-state index contributed by atoms with van der Waals surface area (Å²) in [5, 5.41) is 4.65. The van der Waals surface area contributed by atoms with Gasteiger partial charge in [0.25, 0.3) is 0 Å². The number of nitrogens with zero attached hydrogens (tertiary/aromatic N) is 1. The molecule has 1 N–H and O–H groups in total. The van der Waals surface area contributed by atoms with E-state index in [9.17, 15) is 0 Å². The van der Waals surface area contributed by atoms with Crippen molar-refractivity contribution in [3.8, 4) is 0 Å². The third kappa shape index (κ3) is 2.26. The van der Waals surface area contributed by atoms with E-state index in [0.29, 0.717) is 5.92 Å². The topological polar surface area (TPSA) is 24.9 Å². The van der Waals surface area contributed by atoms with Gasteiger partial charge in [0.15, 0.2) is 0 Å². The zero-order chi connectivity index (χ0) is 12.4. The monoisotopic (exact) mass is 228 g/mol. The average molecular weight is 228 g/mol. The SMILES string of the molecule is CCNc1cc(C(C)C)nc2c(C)cccc12. The van der Waals surface area contributed by atoms with Crippen molar-refractivity contribution < 1.29 is 0 Å². The van der Waals surface area contributed by atoms with Crippen LogP contribution in [-0.4, -0.2) is 11.5 Å². The van der Waals surface area contributed by atoms with Gasteiger partial charge in [-0.1, -0.05) is 32.0 Å². The zero-order valence-electron chi connectivity index (χ0n) is 11.0. The Morgan fingerprint density at radius 3 is 2.71 bits per heavy atom. The molecule has 1 heterocycles. The van der Waals surface area contributed by atoms with Crippen molar-refractivity contribution in [2.75, 3.05) is 11.9 Å². The molecule has 0 aliphatic rings. The minimum absolute atomic E-state index is 0.455. The minimum Gasteiger partial charge on any atom is -0.385 e. The van der Waals surface area contributed by atoms with E-state index in [-0.39, 0.29) is 0 Å². The highest BCUT2D eigenvalue weighted by molar-refractivity contribution is 5.93. The molecule has 0 amide bonds. The molecule has 90 valence electrons. The van der Waals surface area contributed by atoms with E-state index in [0.717, 1.165) is 17.8 Å². The second-order valence-electron chi connectivity index (χ2n) is 4.75. The van der Waals surface area contributed by atoms with Gasteiger partial charge in [0.1, 0.15) is 0 Å². The first kappa shape index (κ1) is 11.9. The third-order valence-corrected chi connectivity index (χ3v) is 3.02. The Balaban J connectivity index is 2.72. The number of fused-ring (bicyclic) bond motifs is 1. The van der Waals surface area contributed by atoms with Crippen LogP contribution in [0.5, 0.6) is 0 Å². The molecule has 0 bridgehead atoms. The van der Waals surface area contributed by atoms with Gasteiger partial charge in [-0.3, -0.25) is 4.98 Å². The van der Waals surface area contributed by atoms with Gasteiger partial charge in [-0.25, -0.2) is 0 Å². The predicted molar refractivity (Wildman–Crippen MR) is 74.7 cm³/mol. The first-order valence-corrected chi connectivity index (χ1v) is 6.27. The lowest BCUT2D eigenvalue weighted by Crippen LogP contribution is -2.02. The number of aryl methyl sites for hydroxylation is 1. The summed E-state index contributed by atoms with van der Waals surface area (Å²) in [7, 11) is 0. The van der Waals surface area contributed by atoms with Crippen molar-refractivity contribution >= 4 is 16.6 Å². The molecule has 0 saturated carbocycles. The Labute approximate surface area is 103 Å². The lowest BCUT2D eigenvalue weighted by Gasteiger charge is -2.13. The Morgan fingerprint density at radius 2 is 2.06 bits per heavy atom. The van der Waals surface area contributed by atoms with E-state index >= 15 is 0 Å². The summed E-state index contributed by atoms with van der Waals surface area (Å²) >= 11 is 0. The van der Waals surface area contributed by atoms with Gasteiger partial charge in [-0.2, -0.15) is 0 Å². The number of pyridine rings is 1. The van der Waals surface area contributed by atoms with Gasteiger partial charge >= 0.3 is 0 Å². The zero-order valence-corrected chi connectivity index (χ0v) is 11.0. The number of rotatable bonds is 3. The number of nitrogens with one attached hydrogen (secondary N) is 1. The van der Waals surface area contributed by atoms with Crippen LogP contribution in [0.4, 0.5) is 5.69 Å². The van der Waals surface area contributed by atoms with Crippen LogP contribution in [0, 0.1) is 6.92 Å². The highest BCUT2D eigenvalue weighted by atomic mass is 14.9. The molecule has 2 heteroatoms. The van der Waals surface area contributed by atoms with Gasteiger partial charge in [0.2, 0.25) is 0 Å². The van der Waals surface area contributed by atoms with Crippen molar-refractivity contribution in [1.82, 2.24) is 4.98 Å². The van der Waals surface area contributed by atoms with Crippen LogP contribution in [0.25, 0.3) is 10.9 Å². The minimum atomic E-state index is 0.455. The maximum absolute atomic E-state index is 4.78. The van der Waals surface area contributed by atoms with E-state index in [1.165, 1.54) is 16.6 Å². The summed E-state index contributed by atoms with van der Waals surface area (Å²) in [5.74, 6) is 0.455. The average Bonchev–Trinajstić information content (AvgIpc) is 2.30. The first-order valence-electron chi connectivity index (χ1n) is 6.27. The summed E-state index contributed by atoms with van der Waals surface area (Å²) in [6.45, 7) is 9.54. The van der Waals surface area contributed by atoms with Crippen molar-refractivity contribution in [3.63, 3.8) is 0 Å². The summed E-state index contributed by atoms with van der Waals surface area (Å²) < 4.78 is 0. The molecule has 0 aliphatic heterocycles. The molecule has 0 unspecified atom stereocenters. The molecule has 2 aromatic rings. The number of anilines is 1. The van der Waals surface area contributed by atoms with Gasteiger partial charge in [-0.15, -0.1) is 0 Å². The van der Waals surface area contributed by atoms with Crippen molar-refractivity contribution in [2.45, 2.75) is 33.6 Å². The van der Waals surface area contributed by atoms with Gasteiger partial charge < -0.3 is 5.32 Å². The lowest BCUT2D eigenvalue weighted by molar-refractivity contribution is 0.829. The van der Waals surface area contributed by atoms with E-state index in [2.05, 4.69) is 57.3 Å². The largest absolute Gasteiger partial charge is 0.385 e. The molecule has 0 atom stereocenters. The molecule has 2 rings (SSSR count). The molecule has 0 saturated heterocycles. The maximum Gasteiger partial charge on any atom is 0.0755 e. The fourth-order valence-corrected chi connectivity index (χ4v) is 2.04. The Morgan fingerprint density at radius 1 is 1.29 bits per heavy atom. The molecular formula is C15H20N2. The fourth-order valence-electron chi connectivity index (χ4n) is 2.04. The fraction of sp³-hybridized carbons (Fsp3) is 0.400. The third-order valence-electron chi connectivity index (χ3n) is 3.02. The van der Waals surface area contributed by atoms with Crippen molar-refractivity contribution in [1.29, 1.82) is 0 Å². The van der Waals surface area contributed by atoms with E-state index in [1.807, 2.05) is 0 Å². The molecule has 1 aromatic heterocycles. The Kier molecular flexibility index (Phi) is 3.32. The van der Waals surface area contributed by atoms with Gasteiger partial charge in [0, 0.05) is 23.3 Å². The standard InChI is InChI=1S/C15H20N2/c1-5-16-14-9-13(10(2)3)17-15-11(4)7-6-8-12(14)15/h6-10H,5H2,1-4H3,(H,16,17). The van der Waals surface area contributed by atoms with Crippen LogP contribution >= 0.6 is 0 Å². The maximum atomic E-state index is 4.78. The highest BCUT2D eigenvalue weighted by Gasteiger charge is 2.09. The molecule has 0 fully saturated rings. The van der Waals surface area contributed by atoms with Crippen molar-refractivity contribution in [3.05, 3.63) is 35.5 Å². The number of hydrogen-bond acceptors (Lipinski definition) is 2. The van der Waals surface area contributed by atoms with Crippen LogP contribution in [0.1, 0.15) is 37.9 Å². The number of para-hydroxylation sites is 1. The van der Waals surface area contributed by atoms with Crippen LogP contribution in [-0.2, 0) is 0 Å². The summed E-state index contributed by atoms with van der Waals surface area (Å²) in [6.07, 6.45) is 0. The molecule has 17 heavy (non-hydrogen) atoms. The van der Waals surface area contributed by atoms with E-state index in [1.54, 1.807) is 0 Å². The normalized spacial score (nSPS) is 11.1. The molecule has 1 aromatic carbocycles. The van der Waals surface area contributed by atoms with Gasteiger partial charge in [0.05, 0.1) is 5.52 Å².